The Balaban J connectivity index is 2.28. The highest BCUT2D eigenvalue weighted by molar-refractivity contribution is 7.89. The maximum Gasteiger partial charge on any atom is 0.241 e. The van der Waals surface area contributed by atoms with E-state index >= 15 is 0 Å². The van der Waals surface area contributed by atoms with Gasteiger partial charge >= 0.3 is 0 Å². The summed E-state index contributed by atoms with van der Waals surface area (Å²) in [5.41, 5.74) is 1.68. The van der Waals surface area contributed by atoms with Crippen LogP contribution < -0.4 is 9.44 Å². The summed E-state index contributed by atoms with van der Waals surface area (Å²) in [6, 6.07) is 9.20. The molecule has 2 N–H and O–H groups in total. The number of hydrogen-bond donors (Lipinski definition) is 2. The van der Waals surface area contributed by atoms with Crippen molar-refractivity contribution in [3.63, 3.8) is 0 Å². The number of alkyl halides is 2. The molecule has 2 rings (SSSR count). The third-order valence-electron chi connectivity index (χ3n) is 6.36. The fourth-order valence-electron chi connectivity index (χ4n) is 4.10. The van der Waals surface area contributed by atoms with Gasteiger partial charge < -0.3 is 0 Å². The summed E-state index contributed by atoms with van der Waals surface area (Å²) in [5, 5.41) is -3.93. The number of carbonyl (C=O) groups excluding carboxylic acids is 3. The van der Waals surface area contributed by atoms with Gasteiger partial charge in [0.2, 0.25) is 20.0 Å². The minimum absolute atomic E-state index is 0.0215. The Kier molecular flexibility index (Phi) is 12.9. The van der Waals surface area contributed by atoms with E-state index in [0.717, 1.165) is 11.1 Å². The van der Waals surface area contributed by atoms with E-state index in [4.69, 9.17) is 23.2 Å². The number of benzene rings is 2. The van der Waals surface area contributed by atoms with Crippen LogP contribution >= 0.6 is 23.2 Å². The van der Waals surface area contributed by atoms with Gasteiger partial charge in [-0.1, -0.05) is 63.1 Å². The summed E-state index contributed by atoms with van der Waals surface area (Å²) in [7, 11) is -8.31. The predicted octanol–water partition coefficient (Wildman–Crippen LogP) is 4.31. The molecular weight excluding hydrogens is 623 g/mol. The molecule has 4 atom stereocenters. The molecule has 0 bridgehead atoms. The molecule has 0 heterocycles. The highest BCUT2D eigenvalue weighted by Gasteiger charge is 2.41. The van der Waals surface area contributed by atoms with E-state index in [1.165, 1.54) is 24.3 Å². The zero-order chi connectivity index (χ0) is 32.0. The van der Waals surface area contributed by atoms with Gasteiger partial charge in [-0.15, -0.1) is 23.2 Å². The highest BCUT2D eigenvalue weighted by Crippen LogP contribution is 2.21. The molecule has 2 aromatic rings. The third kappa shape index (κ3) is 9.96. The summed E-state index contributed by atoms with van der Waals surface area (Å²) in [6.07, 6.45) is 0.0430. The van der Waals surface area contributed by atoms with Crippen LogP contribution in [-0.2, 0) is 34.4 Å². The largest absolute Gasteiger partial charge is 0.296 e. The van der Waals surface area contributed by atoms with Crippen molar-refractivity contribution in [2.24, 2.45) is 11.8 Å². The van der Waals surface area contributed by atoms with E-state index in [1.54, 1.807) is 65.8 Å². The Hall–Kier alpha value is -2.15. The van der Waals surface area contributed by atoms with Crippen LogP contribution in [0.25, 0.3) is 0 Å². The van der Waals surface area contributed by atoms with Gasteiger partial charge in [0.25, 0.3) is 0 Å². The molecule has 0 amide bonds. The number of sulfonamides is 2. The fraction of sp³-hybridized carbons (Fsp3) is 0.483. The molecule has 0 saturated carbocycles. The first-order chi connectivity index (χ1) is 19.4. The zero-order valence-electron chi connectivity index (χ0n) is 24.4. The van der Waals surface area contributed by atoms with Gasteiger partial charge in [0.1, 0.15) is 0 Å². The van der Waals surface area contributed by atoms with Gasteiger partial charge in [-0.25, -0.2) is 26.3 Å². The minimum Gasteiger partial charge on any atom is -0.296 e. The van der Waals surface area contributed by atoms with Crippen molar-refractivity contribution < 1.29 is 31.2 Å². The molecule has 9 nitrogen and oxygen atoms in total. The Morgan fingerprint density at radius 2 is 0.881 bits per heavy atom. The Labute approximate surface area is 258 Å². The molecule has 2 unspecified atom stereocenters. The van der Waals surface area contributed by atoms with Gasteiger partial charge in [-0.2, -0.15) is 0 Å². The van der Waals surface area contributed by atoms with Crippen LogP contribution in [0.4, 0.5) is 0 Å². The number of rotatable bonds is 16. The fourth-order valence-corrected chi connectivity index (χ4v) is 7.15. The number of nitrogens with one attached hydrogen (secondary N) is 2. The lowest BCUT2D eigenvalue weighted by atomic mass is 9.94. The van der Waals surface area contributed by atoms with Gasteiger partial charge in [-0.3, -0.25) is 14.4 Å². The number of halogens is 2. The summed E-state index contributed by atoms with van der Waals surface area (Å²) in [5.74, 6) is -3.44. The van der Waals surface area contributed by atoms with E-state index in [-0.39, 0.29) is 34.5 Å². The van der Waals surface area contributed by atoms with Crippen molar-refractivity contribution in [3.05, 3.63) is 59.7 Å². The molecule has 0 aliphatic carbocycles. The average Bonchev–Trinajstić information content (AvgIpc) is 2.90. The van der Waals surface area contributed by atoms with Gasteiger partial charge in [0, 0.05) is 0 Å². The molecule has 0 aromatic heterocycles. The smallest absolute Gasteiger partial charge is 0.241 e. The lowest BCUT2D eigenvalue weighted by Gasteiger charge is -2.24. The molecule has 0 spiro atoms. The number of Topliss-reactive ketones (excluding diaryl/α,β-unsaturated/α-hetero) is 3. The maximum atomic E-state index is 13.3. The number of ketones is 3. The molecule has 42 heavy (non-hydrogen) atoms. The van der Waals surface area contributed by atoms with Crippen molar-refractivity contribution in [1.29, 1.82) is 0 Å². The second kappa shape index (κ2) is 15.0. The van der Waals surface area contributed by atoms with Crippen LogP contribution in [0.2, 0.25) is 0 Å². The summed E-state index contributed by atoms with van der Waals surface area (Å²) in [4.78, 5) is 39.7. The monoisotopic (exact) mass is 660 g/mol. The molecule has 2 aromatic carbocycles. The molecule has 0 radical (unpaired) electrons. The Morgan fingerprint density at radius 1 is 0.595 bits per heavy atom. The van der Waals surface area contributed by atoms with Gasteiger partial charge in [-0.05, 0) is 62.8 Å². The number of hydrogen-bond acceptors (Lipinski definition) is 7. The Bertz CT molecular complexity index is 1360. The van der Waals surface area contributed by atoms with Gasteiger partial charge in [0.15, 0.2) is 28.1 Å². The SMILES string of the molecule is Cc1ccc(S(=O)(=O)N[C@@H](CC(C)C)C(=O)C(Cl)C(=O)C(Cl)C(=O)[C@H](CC(C)C)NS(=O)(=O)c2ccc(C)cc2)cc1. The summed E-state index contributed by atoms with van der Waals surface area (Å²) < 4.78 is 56.7. The second-order valence-electron chi connectivity index (χ2n) is 11.2. The van der Waals surface area contributed by atoms with E-state index in [9.17, 15) is 31.2 Å². The first kappa shape index (κ1) is 36.0. The molecular formula is C29H38Cl2N2O7S2. The van der Waals surface area contributed by atoms with E-state index < -0.39 is 60.2 Å². The molecule has 13 heteroatoms. The van der Waals surface area contributed by atoms with Crippen LogP contribution in [0.1, 0.15) is 51.7 Å². The van der Waals surface area contributed by atoms with Crippen molar-refractivity contribution in [1.82, 2.24) is 9.44 Å². The number of carbonyl (C=O) groups is 3. The van der Waals surface area contributed by atoms with Crippen LogP contribution in [0.3, 0.4) is 0 Å². The standard InChI is InChI=1S/C29H38Cl2N2O7S2/c1-17(2)15-23(32-41(37,38)21-11-7-19(5)8-12-21)27(34)25(30)29(36)26(31)28(35)24(16-18(3)4)33-42(39,40)22-13-9-20(6)10-14-22/h7-14,17-18,23-26,32-33H,15-16H2,1-6H3/t23-,24-,25?,26?/m0/s1. The lowest BCUT2D eigenvalue weighted by molar-refractivity contribution is -0.130. The molecule has 0 fully saturated rings. The summed E-state index contributed by atoms with van der Waals surface area (Å²) in [6.45, 7) is 10.6. The van der Waals surface area contributed by atoms with Crippen LogP contribution in [0.5, 0.6) is 0 Å². The molecule has 0 aliphatic heterocycles. The highest BCUT2D eigenvalue weighted by atomic mass is 35.5. The first-order valence-electron chi connectivity index (χ1n) is 13.4. The van der Waals surface area contributed by atoms with Gasteiger partial charge in [0.05, 0.1) is 21.9 Å². The third-order valence-corrected chi connectivity index (χ3v) is 10.2. The van der Waals surface area contributed by atoms with Crippen LogP contribution in [-0.4, -0.2) is 57.0 Å². The predicted molar refractivity (Wildman–Crippen MR) is 164 cm³/mol. The van der Waals surface area contributed by atoms with Crippen LogP contribution in [0.15, 0.2) is 58.3 Å². The quantitative estimate of drug-likeness (QED) is 0.202. The topological polar surface area (TPSA) is 144 Å². The second-order valence-corrected chi connectivity index (χ2v) is 15.5. The van der Waals surface area contributed by atoms with Crippen molar-refractivity contribution in [2.75, 3.05) is 0 Å². The summed E-state index contributed by atoms with van der Waals surface area (Å²) >= 11 is 12.5. The maximum absolute atomic E-state index is 13.3. The number of aryl methyl sites for hydroxylation is 2. The van der Waals surface area contributed by atoms with E-state index in [1.807, 2.05) is 0 Å². The zero-order valence-corrected chi connectivity index (χ0v) is 27.6. The minimum atomic E-state index is -4.16. The first-order valence-corrected chi connectivity index (χ1v) is 17.3. The molecule has 232 valence electrons. The molecule has 0 saturated heterocycles. The van der Waals surface area contributed by atoms with E-state index in [2.05, 4.69) is 9.44 Å². The van der Waals surface area contributed by atoms with Crippen molar-refractivity contribution in [2.45, 2.75) is 87.0 Å². The molecule has 0 aliphatic rings. The van der Waals surface area contributed by atoms with Crippen molar-refractivity contribution in [3.8, 4) is 0 Å². The Morgan fingerprint density at radius 3 is 1.14 bits per heavy atom. The van der Waals surface area contributed by atoms with Crippen molar-refractivity contribution >= 4 is 60.6 Å². The lowest BCUT2D eigenvalue weighted by Crippen LogP contribution is -2.51. The normalized spacial score (nSPS) is 15.3. The average molecular weight is 662 g/mol. The van der Waals surface area contributed by atoms with E-state index in [0.29, 0.717) is 0 Å². The van der Waals surface area contributed by atoms with Crippen LogP contribution in [0, 0.1) is 25.7 Å².